The molecule has 38 heavy (non-hydrogen) atoms. The maximum absolute atomic E-state index is 12.7. The molecule has 202 valence electrons. The van der Waals surface area contributed by atoms with Crippen LogP contribution in [0.25, 0.3) is 11.1 Å². The molecule has 2 atom stereocenters. The van der Waals surface area contributed by atoms with Crippen LogP contribution in [0, 0.1) is 5.92 Å². The van der Waals surface area contributed by atoms with Gasteiger partial charge in [-0.1, -0.05) is 72.8 Å². The fourth-order valence-corrected chi connectivity index (χ4v) is 5.38. The van der Waals surface area contributed by atoms with Gasteiger partial charge in [-0.25, -0.2) is 13.1 Å². The minimum absolute atomic E-state index is 0.0201. The lowest BCUT2D eigenvalue weighted by molar-refractivity contribution is -0.126. The van der Waals surface area contributed by atoms with Crippen LogP contribution in [0.4, 0.5) is 0 Å². The number of rotatable bonds is 13. The van der Waals surface area contributed by atoms with Crippen LogP contribution in [0.2, 0.25) is 0 Å². The molecule has 0 saturated heterocycles. The molecule has 10 heteroatoms. The van der Waals surface area contributed by atoms with Crippen molar-refractivity contribution in [2.75, 3.05) is 18.8 Å². The summed E-state index contributed by atoms with van der Waals surface area (Å²) in [6.07, 6.45) is -0.802. The van der Waals surface area contributed by atoms with Gasteiger partial charge in [-0.2, -0.15) is 12.6 Å². The molecule has 3 aromatic rings. The number of hydrogen-bond acceptors (Lipinski definition) is 7. The van der Waals surface area contributed by atoms with Crippen LogP contribution in [0.5, 0.6) is 0 Å². The zero-order chi connectivity index (χ0) is 27.5. The van der Waals surface area contributed by atoms with Crippen molar-refractivity contribution in [1.82, 2.24) is 15.4 Å². The molecule has 0 aliphatic carbocycles. The lowest BCUT2D eigenvalue weighted by atomic mass is 10.0. The molecular formula is C28H33N3O5S2. The van der Waals surface area contributed by atoms with Crippen molar-refractivity contribution < 1.29 is 23.1 Å². The highest BCUT2D eigenvalue weighted by molar-refractivity contribution is 7.90. The lowest BCUT2D eigenvalue weighted by Gasteiger charge is -2.15. The summed E-state index contributed by atoms with van der Waals surface area (Å²) < 4.78 is 27.4. The van der Waals surface area contributed by atoms with E-state index < -0.39 is 22.0 Å². The number of aliphatic hydroxyl groups is 1. The van der Waals surface area contributed by atoms with Gasteiger partial charge in [-0.05, 0) is 36.1 Å². The number of hydrogen-bond donors (Lipinski definition) is 5. The molecule has 3 rings (SSSR count). The van der Waals surface area contributed by atoms with E-state index in [9.17, 15) is 23.1 Å². The third-order valence-electron chi connectivity index (χ3n) is 5.90. The Bertz CT molecular complexity index is 1310. The molecule has 0 unspecified atom stereocenters. The number of carbonyl (C=O) groups is 2. The summed E-state index contributed by atoms with van der Waals surface area (Å²) >= 11 is 4.34. The van der Waals surface area contributed by atoms with Gasteiger partial charge in [-0.15, -0.1) is 0 Å². The van der Waals surface area contributed by atoms with Gasteiger partial charge < -0.3 is 15.7 Å². The van der Waals surface area contributed by atoms with Crippen molar-refractivity contribution in [1.29, 1.82) is 0 Å². The number of carbonyl (C=O) groups excluding carboxylic acids is 2. The van der Waals surface area contributed by atoms with E-state index in [0.717, 1.165) is 11.1 Å². The minimum Gasteiger partial charge on any atom is -0.384 e. The summed E-state index contributed by atoms with van der Waals surface area (Å²) in [5, 5.41) is 15.6. The number of thiol groups is 1. The van der Waals surface area contributed by atoms with Crippen molar-refractivity contribution >= 4 is 34.5 Å². The van der Waals surface area contributed by atoms with Gasteiger partial charge in [0.05, 0.1) is 10.8 Å². The Labute approximate surface area is 229 Å². The molecule has 2 amide bonds. The topological polar surface area (TPSA) is 125 Å². The van der Waals surface area contributed by atoms with Crippen LogP contribution in [0.3, 0.4) is 0 Å². The Kier molecular flexibility index (Phi) is 10.9. The van der Waals surface area contributed by atoms with Gasteiger partial charge in [0, 0.05) is 31.0 Å². The molecule has 8 nitrogen and oxygen atoms in total. The number of benzene rings is 3. The van der Waals surface area contributed by atoms with Crippen LogP contribution in [0.15, 0.2) is 83.8 Å². The fourth-order valence-electron chi connectivity index (χ4n) is 3.80. The Hall–Kier alpha value is -3.18. The Balaban J connectivity index is 1.52. The third-order valence-corrected chi connectivity index (χ3v) is 7.75. The lowest BCUT2D eigenvalue weighted by Crippen LogP contribution is -2.37. The number of aliphatic hydroxyl groups excluding tert-OH is 1. The van der Waals surface area contributed by atoms with E-state index >= 15 is 0 Å². The van der Waals surface area contributed by atoms with Gasteiger partial charge in [-0.3, -0.25) is 9.59 Å². The Morgan fingerprint density at radius 1 is 0.868 bits per heavy atom. The minimum atomic E-state index is -4.16. The molecule has 0 spiro atoms. The first-order valence-corrected chi connectivity index (χ1v) is 14.4. The maximum Gasteiger partial charge on any atom is 0.264 e. The van der Waals surface area contributed by atoms with Crippen molar-refractivity contribution in [2.24, 2.45) is 5.92 Å². The third kappa shape index (κ3) is 8.42. The number of sulfonamides is 1. The van der Waals surface area contributed by atoms with E-state index in [2.05, 4.69) is 23.3 Å². The monoisotopic (exact) mass is 555 g/mol. The molecule has 0 bridgehead atoms. The Morgan fingerprint density at radius 3 is 2.18 bits per heavy atom. The number of nitrogens with one attached hydrogen (secondary N) is 3. The SMILES string of the molecule is C[C@H](O)C(=O)NS(=O)(=O)c1ccccc1-c1ccc(CNCCNC(=O)[C@@H](CS)Cc2ccccc2)cc1. The molecular weight excluding hydrogens is 522 g/mol. The molecule has 0 aliphatic rings. The predicted octanol–water partition coefficient (Wildman–Crippen LogP) is 2.53. The summed E-state index contributed by atoms with van der Waals surface area (Å²) in [7, 11) is -4.16. The van der Waals surface area contributed by atoms with Crippen LogP contribution in [0.1, 0.15) is 18.1 Å². The zero-order valence-electron chi connectivity index (χ0n) is 21.1. The molecule has 0 heterocycles. The first kappa shape index (κ1) is 29.4. The zero-order valence-corrected chi connectivity index (χ0v) is 22.8. The molecule has 3 aromatic carbocycles. The van der Waals surface area contributed by atoms with E-state index in [1.54, 1.807) is 18.2 Å². The summed E-state index contributed by atoms with van der Waals surface area (Å²) in [6.45, 7) is 2.84. The van der Waals surface area contributed by atoms with E-state index in [1.165, 1.54) is 13.0 Å². The second kappa shape index (κ2) is 14.1. The summed E-state index contributed by atoms with van der Waals surface area (Å²) in [4.78, 5) is 24.2. The molecule has 0 fully saturated rings. The normalized spacial score (nSPS) is 12.9. The van der Waals surface area contributed by atoms with Gasteiger partial charge in [0.25, 0.3) is 15.9 Å². The van der Waals surface area contributed by atoms with Crippen molar-refractivity contribution in [3.8, 4) is 11.1 Å². The highest BCUT2D eigenvalue weighted by Crippen LogP contribution is 2.27. The first-order chi connectivity index (χ1) is 18.2. The van der Waals surface area contributed by atoms with Gasteiger partial charge in [0.15, 0.2) is 0 Å². The largest absolute Gasteiger partial charge is 0.384 e. The van der Waals surface area contributed by atoms with Gasteiger partial charge in [0.2, 0.25) is 5.91 Å². The first-order valence-electron chi connectivity index (χ1n) is 12.3. The van der Waals surface area contributed by atoms with Crippen molar-refractivity contribution in [3.63, 3.8) is 0 Å². The summed E-state index contributed by atoms with van der Waals surface area (Å²) in [6, 6.07) is 23.6. The quantitative estimate of drug-likeness (QED) is 0.163. The second-order valence-electron chi connectivity index (χ2n) is 8.88. The highest BCUT2D eigenvalue weighted by atomic mass is 32.2. The van der Waals surface area contributed by atoms with Crippen LogP contribution in [-0.4, -0.2) is 50.3 Å². The standard InChI is InChI=1S/C28H33N3O5S2/c1-20(32)27(33)31-38(35,36)26-10-6-5-9-25(26)23-13-11-22(12-14-23)18-29-15-16-30-28(34)24(19-37)17-21-7-3-2-4-8-21/h2-14,20,24,29,32,37H,15-19H2,1H3,(H,30,34)(H,31,33)/t20-,24+/m0/s1. The van der Waals surface area contributed by atoms with E-state index in [0.29, 0.717) is 42.9 Å². The predicted molar refractivity (Wildman–Crippen MR) is 151 cm³/mol. The average Bonchev–Trinajstić information content (AvgIpc) is 2.92. The molecule has 0 aromatic heterocycles. The van der Waals surface area contributed by atoms with Crippen molar-refractivity contribution in [2.45, 2.75) is 30.9 Å². The molecule has 0 aliphatic heterocycles. The number of amides is 2. The second-order valence-corrected chi connectivity index (χ2v) is 10.9. The fraction of sp³-hybridized carbons (Fsp3) is 0.286. The summed E-state index contributed by atoms with van der Waals surface area (Å²) in [5.41, 5.74) is 3.20. The van der Waals surface area contributed by atoms with Crippen molar-refractivity contribution in [3.05, 3.63) is 90.0 Å². The maximum atomic E-state index is 12.7. The Morgan fingerprint density at radius 2 is 1.53 bits per heavy atom. The highest BCUT2D eigenvalue weighted by Gasteiger charge is 2.23. The van der Waals surface area contributed by atoms with Gasteiger partial charge >= 0.3 is 0 Å². The van der Waals surface area contributed by atoms with Crippen LogP contribution in [-0.2, 0) is 32.6 Å². The summed E-state index contributed by atoms with van der Waals surface area (Å²) in [5.74, 6) is -0.735. The average molecular weight is 556 g/mol. The molecule has 0 radical (unpaired) electrons. The van der Waals surface area contributed by atoms with E-state index in [-0.39, 0.29) is 16.7 Å². The smallest absolute Gasteiger partial charge is 0.264 e. The van der Waals surface area contributed by atoms with E-state index in [4.69, 9.17) is 0 Å². The van der Waals surface area contributed by atoms with Crippen LogP contribution < -0.4 is 15.4 Å². The van der Waals surface area contributed by atoms with Gasteiger partial charge in [0.1, 0.15) is 6.10 Å². The molecule has 4 N–H and O–H groups in total. The van der Waals surface area contributed by atoms with Crippen LogP contribution >= 0.6 is 12.6 Å². The van der Waals surface area contributed by atoms with E-state index in [1.807, 2.05) is 59.3 Å². The molecule has 0 saturated carbocycles.